The Morgan fingerprint density at radius 1 is 1.27 bits per heavy atom. The van der Waals surface area contributed by atoms with Gasteiger partial charge in [-0.3, -0.25) is 0 Å². The van der Waals surface area contributed by atoms with E-state index in [1.807, 2.05) is 42.5 Å². The van der Waals surface area contributed by atoms with E-state index in [9.17, 15) is 5.11 Å². The summed E-state index contributed by atoms with van der Waals surface area (Å²) in [5.41, 5.74) is 3.27. The molecule has 1 aromatic heterocycles. The predicted molar refractivity (Wildman–Crippen MR) is 92.4 cm³/mol. The molecule has 1 heterocycles. The largest absolute Gasteiger partial charge is 0.436 e. The number of aliphatic hydroxyl groups is 1. The van der Waals surface area contributed by atoms with Crippen molar-refractivity contribution in [2.45, 2.75) is 6.10 Å². The molecule has 0 aliphatic carbocycles. The van der Waals surface area contributed by atoms with Crippen LogP contribution in [-0.2, 0) is 0 Å². The van der Waals surface area contributed by atoms with Gasteiger partial charge in [0, 0.05) is 22.3 Å². The van der Waals surface area contributed by atoms with Crippen molar-refractivity contribution >= 4 is 44.3 Å². The molecular formula is C16H14BrClN2O2. The fourth-order valence-electron chi connectivity index (χ4n) is 2.07. The van der Waals surface area contributed by atoms with Gasteiger partial charge in [-0.1, -0.05) is 22.0 Å². The summed E-state index contributed by atoms with van der Waals surface area (Å²) < 4.78 is 6.76. The minimum absolute atomic E-state index is 0.201. The van der Waals surface area contributed by atoms with Gasteiger partial charge >= 0.3 is 0 Å². The van der Waals surface area contributed by atoms with Crippen LogP contribution in [0.2, 0.25) is 0 Å². The highest BCUT2D eigenvalue weighted by atomic mass is 79.9. The normalized spacial score (nSPS) is 12.5. The Morgan fingerprint density at radius 2 is 2.14 bits per heavy atom. The first-order valence-corrected chi connectivity index (χ1v) is 8.13. The maximum Gasteiger partial charge on any atom is 0.227 e. The molecular weight excluding hydrogens is 368 g/mol. The van der Waals surface area contributed by atoms with Crippen molar-refractivity contribution < 1.29 is 9.52 Å². The third-order valence-corrected chi connectivity index (χ3v) is 4.03. The molecule has 0 spiro atoms. The van der Waals surface area contributed by atoms with Gasteiger partial charge in [0.05, 0.1) is 12.0 Å². The molecule has 1 unspecified atom stereocenters. The van der Waals surface area contributed by atoms with Crippen LogP contribution in [0, 0.1) is 0 Å². The summed E-state index contributed by atoms with van der Waals surface area (Å²) >= 11 is 9.02. The van der Waals surface area contributed by atoms with Crippen LogP contribution >= 0.6 is 27.5 Å². The van der Waals surface area contributed by atoms with E-state index in [1.54, 1.807) is 0 Å². The molecule has 0 aliphatic heterocycles. The molecule has 3 aromatic rings. The summed E-state index contributed by atoms with van der Waals surface area (Å²) in [6.45, 7) is 0.394. The first-order chi connectivity index (χ1) is 10.7. The SMILES string of the molecule is OC(CCl)CNc1ccc2oc(-c3cccc(Br)c3)nc2c1. The molecule has 4 nitrogen and oxygen atoms in total. The van der Waals surface area contributed by atoms with E-state index in [1.165, 1.54) is 0 Å². The van der Waals surface area contributed by atoms with E-state index in [0.29, 0.717) is 12.4 Å². The van der Waals surface area contributed by atoms with Gasteiger partial charge in [-0.25, -0.2) is 4.98 Å². The predicted octanol–water partition coefficient (Wildman–Crippen LogP) is 4.27. The number of fused-ring (bicyclic) bond motifs is 1. The number of halogens is 2. The van der Waals surface area contributed by atoms with Crippen molar-refractivity contribution in [1.29, 1.82) is 0 Å². The van der Waals surface area contributed by atoms with E-state index in [2.05, 4.69) is 26.2 Å². The molecule has 0 aliphatic rings. The second kappa shape index (κ2) is 6.69. The van der Waals surface area contributed by atoms with Crippen LogP contribution in [0.25, 0.3) is 22.6 Å². The second-order valence-corrected chi connectivity index (χ2v) is 6.13. The Balaban J connectivity index is 1.87. The van der Waals surface area contributed by atoms with E-state index in [0.717, 1.165) is 26.8 Å². The lowest BCUT2D eigenvalue weighted by atomic mass is 10.2. The topological polar surface area (TPSA) is 58.3 Å². The lowest BCUT2D eigenvalue weighted by Crippen LogP contribution is -2.20. The third-order valence-electron chi connectivity index (χ3n) is 3.18. The highest BCUT2D eigenvalue weighted by Crippen LogP contribution is 2.27. The number of alkyl halides is 1. The smallest absolute Gasteiger partial charge is 0.227 e. The Labute approximate surface area is 141 Å². The summed E-state index contributed by atoms with van der Waals surface area (Å²) in [5, 5.41) is 12.6. The van der Waals surface area contributed by atoms with Gasteiger partial charge in [0.15, 0.2) is 5.58 Å². The number of rotatable bonds is 5. The van der Waals surface area contributed by atoms with E-state index in [4.69, 9.17) is 16.0 Å². The van der Waals surface area contributed by atoms with E-state index in [-0.39, 0.29) is 5.88 Å². The van der Waals surface area contributed by atoms with Gasteiger partial charge < -0.3 is 14.8 Å². The fourth-order valence-corrected chi connectivity index (χ4v) is 2.58. The quantitative estimate of drug-likeness (QED) is 0.648. The Morgan fingerprint density at radius 3 is 2.91 bits per heavy atom. The first-order valence-electron chi connectivity index (χ1n) is 6.80. The summed E-state index contributed by atoms with van der Waals surface area (Å²) in [5.74, 6) is 0.779. The van der Waals surface area contributed by atoms with Crippen molar-refractivity contribution in [3.8, 4) is 11.5 Å². The molecule has 0 amide bonds. The molecule has 2 N–H and O–H groups in total. The fraction of sp³-hybridized carbons (Fsp3) is 0.188. The number of oxazole rings is 1. The average Bonchev–Trinajstić information content (AvgIpc) is 2.95. The van der Waals surface area contributed by atoms with Crippen molar-refractivity contribution in [3.63, 3.8) is 0 Å². The minimum atomic E-state index is -0.577. The molecule has 1 atom stereocenters. The second-order valence-electron chi connectivity index (χ2n) is 4.90. The summed E-state index contributed by atoms with van der Waals surface area (Å²) in [7, 11) is 0. The highest BCUT2D eigenvalue weighted by Gasteiger charge is 2.09. The Bertz CT molecular complexity index is 791. The van der Waals surface area contributed by atoms with Gasteiger partial charge in [0.1, 0.15) is 5.52 Å². The zero-order chi connectivity index (χ0) is 15.5. The first kappa shape index (κ1) is 15.3. The van der Waals surface area contributed by atoms with Gasteiger partial charge in [-0.05, 0) is 36.4 Å². The molecule has 0 saturated heterocycles. The Hall–Kier alpha value is -1.56. The highest BCUT2D eigenvalue weighted by molar-refractivity contribution is 9.10. The van der Waals surface area contributed by atoms with Crippen LogP contribution in [0.5, 0.6) is 0 Å². The van der Waals surface area contributed by atoms with Crippen molar-refractivity contribution in [1.82, 2.24) is 4.98 Å². The standard InChI is InChI=1S/C16H14BrClN2O2/c17-11-3-1-2-10(6-11)16-20-14-7-12(4-5-15(14)22-16)19-9-13(21)8-18/h1-7,13,19,21H,8-9H2. The third kappa shape index (κ3) is 3.43. The van der Waals surface area contributed by atoms with Crippen molar-refractivity contribution in [2.75, 3.05) is 17.7 Å². The maximum absolute atomic E-state index is 9.48. The molecule has 22 heavy (non-hydrogen) atoms. The molecule has 2 aromatic carbocycles. The molecule has 114 valence electrons. The van der Waals surface area contributed by atoms with Gasteiger partial charge in [0.25, 0.3) is 0 Å². The summed E-state index contributed by atoms with van der Waals surface area (Å²) in [4.78, 5) is 4.52. The lowest BCUT2D eigenvalue weighted by Gasteiger charge is -2.09. The van der Waals surface area contributed by atoms with Gasteiger partial charge in [0.2, 0.25) is 5.89 Å². The van der Waals surface area contributed by atoms with Crippen LogP contribution < -0.4 is 5.32 Å². The molecule has 0 radical (unpaired) electrons. The molecule has 0 bridgehead atoms. The zero-order valence-electron chi connectivity index (χ0n) is 11.6. The molecule has 3 rings (SSSR count). The number of aromatic nitrogens is 1. The maximum atomic E-state index is 9.48. The molecule has 0 saturated carbocycles. The number of aliphatic hydroxyl groups excluding tert-OH is 1. The van der Waals surface area contributed by atoms with Crippen molar-refractivity contribution in [2.24, 2.45) is 0 Å². The number of nitrogens with zero attached hydrogens (tertiary/aromatic N) is 1. The minimum Gasteiger partial charge on any atom is -0.436 e. The number of anilines is 1. The van der Waals surface area contributed by atoms with Crippen LogP contribution in [0.1, 0.15) is 0 Å². The van der Waals surface area contributed by atoms with Crippen molar-refractivity contribution in [3.05, 3.63) is 46.9 Å². The monoisotopic (exact) mass is 380 g/mol. The van der Waals surface area contributed by atoms with E-state index >= 15 is 0 Å². The average molecular weight is 382 g/mol. The number of benzene rings is 2. The molecule has 6 heteroatoms. The number of hydrogen-bond acceptors (Lipinski definition) is 4. The zero-order valence-corrected chi connectivity index (χ0v) is 13.9. The van der Waals surface area contributed by atoms with Crippen LogP contribution in [-0.4, -0.2) is 28.6 Å². The van der Waals surface area contributed by atoms with Crippen LogP contribution in [0.15, 0.2) is 51.4 Å². The molecule has 0 fully saturated rings. The summed E-state index contributed by atoms with van der Waals surface area (Å²) in [6.07, 6.45) is -0.577. The van der Waals surface area contributed by atoms with Gasteiger partial charge in [-0.15, -0.1) is 11.6 Å². The van der Waals surface area contributed by atoms with E-state index < -0.39 is 6.10 Å². The summed E-state index contributed by atoms with van der Waals surface area (Å²) in [6, 6.07) is 13.4. The lowest BCUT2D eigenvalue weighted by molar-refractivity contribution is 0.211. The van der Waals surface area contributed by atoms with Crippen LogP contribution in [0.4, 0.5) is 5.69 Å². The number of hydrogen-bond donors (Lipinski definition) is 2. The van der Waals surface area contributed by atoms with Gasteiger partial charge in [-0.2, -0.15) is 0 Å². The number of nitrogens with one attached hydrogen (secondary N) is 1. The Kier molecular flexibility index (Phi) is 4.66. The van der Waals surface area contributed by atoms with Crippen LogP contribution in [0.3, 0.4) is 0 Å².